The van der Waals surface area contributed by atoms with Gasteiger partial charge in [-0.1, -0.05) is 18.2 Å². The van der Waals surface area contributed by atoms with E-state index in [1.165, 1.54) is 0 Å². The predicted molar refractivity (Wildman–Crippen MR) is 64.3 cm³/mol. The molecule has 0 saturated heterocycles. The molecule has 0 fully saturated rings. The Kier molecular flexibility index (Phi) is 3.10. The molecule has 2 rings (SSSR count). The summed E-state index contributed by atoms with van der Waals surface area (Å²) < 4.78 is 1.83. The van der Waals surface area contributed by atoms with E-state index in [0.717, 1.165) is 16.5 Å². The number of nitrogens with zero attached hydrogens (tertiary/aromatic N) is 2. The monoisotopic (exact) mass is 234 g/mol. The number of aliphatic hydroxyl groups excluding tert-OH is 1. The second-order valence-corrected chi connectivity index (χ2v) is 4.12. The molecule has 0 aliphatic heterocycles. The highest BCUT2D eigenvalue weighted by Gasteiger charge is 2.16. The second kappa shape index (κ2) is 4.55. The van der Waals surface area contributed by atoms with Crippen LogP contribution in [-0.4, -0.2) is 20.6 Å². The number of hydrogen-bond donors (Lipinski definition) is 1. The molecule has 1 heterocycles. The Balaban J connectivity index is 2.44. The van der Waals surface area contributed by atoms with Gasteiger partial charge in [0.05, 0.1) is 13.2 Å². The van der Waals surface area contributed by atoms with Crippen molar-refractivity contribution in [1.29, 1.82) is 0 Å². The van der Waals surface area contributed by atoms with Gasteiger partial charge < -0.3 is 9.67 Å². The minimum atomic E-state index is -0.641. The molecule has 2 aromatic rings. The molecule has 1 aromatic carbocycles. The minimum Gasteiger partial charge on any atom is -0.392 e. The lowest BCUT2D eigenvalue weighted by molar-refractivity contribution is -0.519. The van der Waals surface area contributed by atoms with E-state index in [4.69, 9.17) is 0 Å². The molecule has 1 N–H and O–H groups in total. The van der Waals surface area contributed by atoms with E-state index in [2.05, 4.69) is 0 Å². The molecule has 0 aliphatic rings. The number of fused-ring (bicyclic) bond motifs is 1. The zero-order chi connectivity index (χ0) is 12.4. The third kappa shape index (κ3) is 2.14. The highest BCUT2D eigenvalue weighted by atomic mass is 16.6. The van der Waals surface area contributed by atoms with Crippen LogP contribution in [0.15, 0.2) is 30.5 Å². The SMILES string of the molecule is CC(Cn1cc(CO)c2ccccc21)[N+](=O)[O-]. The van der Waals surface area contributed by atoms with Crippen molar-refractivity contribution in [3.8, 4) is 0 Å². The number of rotatable bonds is 4. The van der Waals surface area contributed by atoms with Crippen LogP contribution in [0.2, 0.25) is 0 Å². The number of aromatic nitrogens is 1. The van der Waals surface area contributed by atoms with Crippen molar-refractivity contribution in [2.24, 2.45) is 0 Å². The fraction of sp³-hybridized carbons (Fsp3) is 0.333. The quantitative estimate of drug-likeness (QED) is 0.647. The third-order valence-corrected chi connectivity index (χ3v) is 2.86. The van der Waals surface area contributed by atoms with Crippen LogP contribution in [0.4, 0.5) is 0 Å². The third-order valence-electron chi connectivity index (χ3n) is 2.86. The summed E-state index contributed by atoms with van der Waals surface area (Å²) in [7, 11) is 0. The Bertz CT molecular complexity index is 548. The molecule has 0 aliphatic carbocycles. The number of nitro groups is 1. The van der Waals surface area contributed by atoms with E-state index in [0.29, 0.717) is 6.54 Å². The van der Waals surface area contributed by atoms with Gasteiger partial charge in [0.15, 0.2) is 0 Å². The van der Waals surface area contributed by atoms with E-state index in [1.54, 1.807) is 13.1 Å². The first kappa shape index (κ1) is 11.6. The Labute approximate surface area is 98.4 Å². The van der Waals surface area contributed by atoms with Crippen molar-refractivity contribution >= 4 is 10.9 Å². The van der Waals surface area contributed by atoms with Gasteiger partial charge in [0.25, 0.3) is 0 Å². The molecule has 0 spiro atoms. The van der Waals surface area contributed by atoms with Crippen molar-refractivity contribution in [3.05, 3.63) is 46.1 Å². The molecule has 0 bridgehead atoms. The molecule has 0 amide bonds. The van der Waals surface area contributed by atoms with Crippen LogP contribution in [0, 0.1) is 10.1 Å². The van der Waals surface area contributed by atoms with Crippen molar-refractivity contribution in [1.82, 2.24) is 4.57 Å². The molecule has 90 valence electrons. The fourth-order valence-corrected chi connectivity index (χ4v) is 1.95. The molecule has 5 heteroatoms. The van der Waals surface area contributed by atoms with Crippen molar-refractivity contribution in [3.63, 3.8) is 0 Å². The number of benzene rings is 1. The van der Waals surface area contributed by atoms with Crippen LogP contribution in [0.5, 0.6) is 0 Å². The largest absolute Gasteiger partial charge is 0.392 e. The summed E-state index contributed by atoms with van der Waals surface area (Å²) in [6, 6.07) is 6.95. The summed E-state index contributed by atoms with van der Waals surface area (Å²) >= 11 is 0. The van der Waals surface area contributed by atoms with Gasteiger partial charge in [-0.2, -0.15) is 0 Å². The number of aliphatic hydroxyl groups is 1. The molecule has 17 heavy (non-hydrogen) atoms. The zero-order valence-electron chi connectivity index (χ0n) is 9.54. The highest BCUT2D eigenvalue weighted by Crippen LogP contribution is 2.21. The molecular formula is C12H14N2O3. The van der Waals surface area contributed by atoms with E-state index in [9.17, 15) is 15.2 Å². The first-order valence-corrected chi connectivity index (χ1v) is 5.44. The van der Waals surface area contributed by atoms with Gasteiger partial charge >= 0.3 is 0 Å². The maximum Gasteiger partial charge on any atom is 0.227 e. The average Bonchev–Trinajstić information content (AvgIpc) is 2.68. The van der Waals surface area contributed by atoms with Crippen LogP contribution in [0.1, 0.15) is 12.5 Å². The standard InChI is InChI=1S/C12H14N2O3/c1-9(14(16)17)6-13-7-10(8-15)11-4-2-3-5-12(11)13/h2-5,7,9,15H,6,8H2,1H3. The Morgan fingerprint density at radius 1 is 1.47 bits per heavy atom. The van der Waals surface area contributed by atoms with Crippen LogP contribution >= 0.6 is 0 Å². The summed E-state index contributed by atoms with van der Waals surface area (Å²) in [5, 5.41) is 20.9. The maximum absolute atomic E-state index is 10.7. The van der Waals surface area contributed by atoms with Gasteiger partial charge in [-0.3, -0.25) is 10.1 Å². The van der Waals surface area contributed by atoms with Gasteiger partial charge in [0.1, 0.15) is 0 Å². The first-order valence-electron chi connectivity index (χ1n) is 5.44. The molecule has 5 nitrogen and oxygen atoms in total. The smallest absolute Gasteiger partial charge is 0.227 e. The molecule has 0 saturated carbocycles. The minimum absolute atomic E-state index is 0.0552. The number of hydrogen-bond acceptors (Lipinski definition) is 3. The Hall–Kier alpha value is -1.88. The molecule has 1 unspecified atom stereocenters. The summed E-state index contributed by atoms with van der Waals surface area (Å²) in [5.74, 6) is 0. The van der Waals surface area contributed by atoms with E-state index in [-0.39, 0.29) is 11.5 Å². The van der Waals surface area contributed by atoms with E-state index >= 15 is 0 Å². The lowest BCUT2D eigenvalue weighted by Crippen LogP contribution is -2.21. The van der Waals surface area contributed by atoms with E-state index in [1.807, 2.05) is 28.8 Å². The van der Waals surface area contributed by atoms with Crippen molar-refractivity contribution in [2.45, 2.75) is 26.1 Å². The van der Waals surface area contributed by atoms with Crippen LogP contribution in [0.3, 0.4) is 0 Å². The van der Waals surface area contributed by atoms with Gasteiger partial charge in [-0.05, 0) is 6.07 Å². The molecule has 1 aromatic heterocycles. The Morgan fingerprint density at radius 3 is 2.82 bits per heavy atom. The van der Waals surface area contributed by atoms with Gasteiger partial charge in [0, 0.05) is 34.5 Å². The second-order valence-electron chi connectivity index (χ2n) is 4.12. The van der Waals surface area contributed by atoms with Crippen LogP contribution in [0.25, 0.3) is 10.9 Å². The summed E-state index contributed by atoms with van der Waals surface area (Å²) in [6.07, 6.45) is 1.78. The summed E-state index contributed by atoms with van der Waals surface area (Å²) in [4.78, 5) is 10.4. The van der Waals surface area contributed by atoms with E-state index < -0.39 is 6.04 Å². The lowest BCUT2D eigenvalue weighted by atomic mass is 10.2. The first-order chi connectivity index (χ1) is 8.13. The van der Waals surface area contributed by atoms with Gasteiger partial charge in [-0.15, -0.1) is 0 Å². The predicted octanol–water partition coefficient (Wildman–Crippen LogP) is 1.80. The zero-order valence-corrected chi connectivity index (χ0v) is 9.54. The average molecular weight is 234 g/mol. The van der Waals surface area contributed by atoms with Gasteiger partial charge in [-0.25, -0.2) is 0 Å². The Morgan fingerprint density at radius 2 is 2.18 bits per heavy atom. The normalized spacial score (nSPS) is 12.8. The van der Waals surface area contributed by atoms with Crippen LogP contribution < -0.4 is 0 Å². The summed E-state index contributed by atoms with van der Waals surface area (Å²) in [5.41, 5.74) is 1.72. The van der Waals surface area contributed by atoms with Gasteiger partial charge in [0.2, 0.25) is 6.04 Å². The van der Waals surface area contributed by atoms with Crippen LogP contribution in [-0.2, 0) is 13.2 Å². The topological polar surface area (TPSA) is 68.3 Å². The number of para-hydroxylation sites is 1. The molecular weight excluding hydrogens is 220 g/mol. The maximum atomic E-state index is 10.7. The fourth-order valence-electron chi connectivity index (χ4n) is 1.95. The highest BCUT2D eigenvalue weighted by molar-refractivity contribution is 5.83. The molecule has 1 atom stereocenters. The van der Waals surface area contributed by atoms with Crippen molar-refractivity contribution < 1.29 is 10.0 Å². The van der Waals surface area contributed by atoms with Crippen molar-refractivity contribution in [2.75, 3.05) is 0 Å². The summed E-state index contributed by atoms with van der Waals surface area (Å²) in [6.45, 7) is 1.83. The lowest BCUT2D eigenvalue weighted by Gasteiger charge is -2.06. The molecule has 0 radical (unpaired) electrons.